The molecule has 14 heavy (non-hydrogen) atoms. The van der Waals surface area contributed by atoms with Crippen LogP contribution in [0.2, 0.25) is 0 Å². The van der Waals surface area contributed by atoms with Crippen LogP contribution >= 0.6 is 0 Å². The smallest absolute Gasteiger partial charge is 0.166 e. The van der Waals surface area contributed by atoms with Crippen LogP contribution in [0.15, 0.2) is 18.2 Å². The highest BCUT2D eigenvalue weighted by Crippen LogP contribution is 2.41. The second-order valence-electron chi connectivity index (χ2n) is 3.13. The molecule has 0 radical (unpaired) electrons. The molecule has 1 atom stereocenters. The summed E-state index contributed by atoms with van der Waals surface area (Å²) in [7, 11) is 1.66. The van der Waals surface area contributed by atoms with Gasteiger partial charge >= 0.3 is 0 Å². The highest BCUT2D eigenvalue weighted by Gasteiger charge is 2.29. The molecule has 3 nitrogen and oxygen atoms in total. The Morgan fingerprint density at radius 2 is 2.29 bits per heavy atom. The topological polar surface area (TPSA) is 31.0 Å². The number of benzene rings is 1. The first-order chi connectivity index (χ1) is 6.86. The molecule has 0 spiro atoms. The van der Waals surface area contributed by atoms with Crippen molar-refractivity contribution in [1.29, 1.82) is 0 Å². The molecule has 0 saturated carbocycles. The first-order valence-electron chi connectivity index (χ1n) is 4.78. The van der Waals surface area contributed by atoms with E-state index in [1.54, 1.807) is 7.11 Å². The summed E-state index contributed by atoms with van der Waals surface area (Å²) in [5.41, 5.74) is 1.08. The van der Waals surface area contributed by atoms with Gasteiger partial charge in [0.25, 0.3) is 0 Å². The fraction of sp³-hybridized carbons (Fsp3) is 0.455. The molecule has 0 bridgehead atoms. The SMILES string of the molecule is CCOc1cccc([C@@H]2CO2)c1OC. The lowest BCUT2D eigenvalue weighted by molar-refractivity contribution is 0.306. The Morgan fingerprint density at radius 3 is 2.86 bits per heavy atom. The van der Waals surface area contributed by atoms with E-state index in [0.29, 0.717) is 6.61 Å². The highest BCUT2D eigenvalue weighted by molar-refractivity contribution is 5.48. The lowest BCUT2D eigenvalue weighted by atomic mass is 10.1. The average Bonchev–Trinajstić information content (AvgIpc) is 3.01. The lowest BCUT2D eigenvalue weighted by Gasteiger charge is -2.11. The van der Waals surface area contributed by atoms with E-state index < -0.39 is 0 Å². The van der Waals surface area contributed by atoms with E-state index in [1.165, 1.54) is 0 Å². The van der Waals surface area contributed by atoms with Crippen LogP contribution in [0.1, 0.15) is 18.6 Å². The monoisotopic (exact) mass is 194 g/mol. The van der Waals surface area contributed by atoms with Crippen molar-refractivity contribution in [3.05, 3.63) is 23.8 Å². The number of ether oxygens (including phenoxy) is 3. The molecule has 0 unspecified atom stereocenters. The molecule has 0 aromatic heterocycles. The summed E-state index contributed by atoms with van der Waals surface area (Å²) in [6.45, 7) is 3.39. The van der Waals surface area contributed by atoms with Crippen LogP contribution in [-0.2, 0) is 4.74 Å². The Morgan fingerprint density at radius 1 is 1.50 bits per heavy atom. The Hall–Kier alpha value is -1.22. The van der Waals surface area contributed by atoms with Gasteiger partial charge in [-0.15, -0.1) is 0 Å². The van der Waals surface area contributed by atoms with Crippen molar-refractivity contribution in [2.24, 2.45) is 0 Å². The van der Waals surface area contributed by atoms with Gasteiger partial charge in [0.1, 0.15) is 6.10 Å². The van der Waals surface area contributed by atoms with Crippen molar-refractivity contribution in [2.75, 3.05) is 20.3 Å². The van der Waals surface area contributed by atoms with E-state index in [-0.39, 0.29) is 6.10 Å². The predicted molar refractivity (Wildman–Crippen MR) is 52.9 cm³/mol. The summed E-state index contributed by atoms with van der Waals surface area (Å²) in [6, 6.07) is 5.89. The van der Waals surface area contributed by atoms with Gasteiger partial charge in [-0.2, -0.15) is 0 Å². The van der Waals surface area contributed by atoms with Crippen molar-refractivity contribution in [3.63, 3.8) is 0 Å². The van der Waals surface area contributed by atoms with Crippen LogP contribution in [0.4, 0.5) is 0 Å². The fourth-order valence-electron chi connectivity index (χ4n) is 1.50. The van der Waals surface area contributed by atoms with Gasteiger partial charge in [-0.3, -0.25) is 0 Å². The van der Waals surface area contributed by atoms with Crippen molar-refractivity contribution < 1.29 is 14.2 Å². The fourth-order valence-corrected chi connectivity index (χ4v) is 1.50. The number of hydrogen-bond acceptors (Lipinski definition) is 3. The van der Waals surface area contributed by atoms with Crippen LogP contribution in [0.25, 0.3) is 0 Å². The number of rotatable bonds is 4. The molecule has 76 valence electrons. The van der Waals surface area contributed by atoms with Crippen LogP contribution in [0.3, 0.4) is 0 Å². The third-order valence-corrected chi connectivity index (χ3v) is 2.19. The van der Waals surface area contributed by atoms with Gasteiger partial charge in [-0.25, -0.2) is 0 Å². The van der Waals surface area contributed by atoms with Crippen molar-refractivity contribution in [1.82, 2.24) is 0 Å². The van der Waals surface area contributed by atoms with E-state index in [9.17, 15) is 0 Å². The van der Waals surface area contributed by atoms with E-state index >= 15 is 0 Å². The molecule has 3 heteroatoms. The zero-order valence-electron chi connectivity index (χ0n) is 8.45. The third kappa shape index (κ3) is 1.68. The van der Waals surface area contributed by atoms with E-state index in [1.807, 2.05) is 25.1 Å². The second kappa shape index (κ2) is 3.88. The molecular formula is C11H14O3. The molecule has 1 aromatic rings. The van der Waals surface area contributed by atoms with Gasteiger partial charge in [-0.1, -0.05) is 12.1 Å². The lowest BCUT2D eigenvalue weighted by Crippen LogP contribution is -1.98. The van der Waals surface area contributed by atoms with E-state index in [2.05, 4.69) is 0 Å². The Bertz CT molecular complexity index is 318. The van der Waals surface area contributed by atoms with E-state index in [4.69, 9.17) is 14.2 Å². The zero-order valence-corrected chi connectivity index (χ0v) is 8.45. The van der Waals surface area contributed by atoms with Crippen molar-refractivity contribution >= 4 is 0 Å². The average molecular weight is 194 g/mol. The molecule has 1 aliphatic rings. The van der Waals surface area contributed by atoms with Gasteiger partial charge < -0.3 is 14.2 Å². The largest absolute Gasteiger partial charge is 0.492 e. The zero-order chi connectivity index (χ0) is 9.97. The maximum absolute atomic E-state index is 5.47. The number of methoxy groups -OCH3 is 1. The van der Waals surface area contributed by atoms with E-state index in [0.717, 1.165) is 23.7 Å². The highest BCUT2D eigenvalue weighted by atomic mass is 16.6. The standard InChI is InChI=1S/C11H14O3/c1-3-13-9-6-4-5-8(10-7-14-10)11(9)12-2/h4-6,10H,3,7H2,1-2H3/t10-/m0/s1. The van der Waals surface area contributed by atoms with Crippen LogP contribution < -0.4 is 9.47 Å². The summed E-state index contributed by atoms with van der Waals surface area (Å²) in [4.78, 5) is 0. The summed E-state index contributed by atoms with van der Waals surface area (Å²) >= 11 is 0. The first kappa shape index (κ1) is 9.34. The maximum Gasteiger partial charge on any atom is 0.166 e. The molecule has 1 fully saturated rings. The second-order valence-corrected chi connectivity index (χ2v) is 3.13. The number of epoxide rings is 1. The summed E-state index contributed by atoms with van der Waals surface area (Å²) < 4.78 is 16.0. The number of para-hydroxylation sites is 1. The minimum atomic E-state index is 0.199. The van der Waals surface area contributed by atoms with Gasteiger partial charge in [0.2, 0.25) is 0 Å². The van der Waals surface area contributed by atoms with Crippen molar-refractivity contribution in [3.8, 4) is 11.5 Å². The minimum absolute atomic E-state index is 0.199. The maximum atomic E-state index is 5.47. The Balaban J connectivity index is 2.34. The summed E-state index contributed by atoms with van der Waals surface area (Å²) in [5.74, 6) is 1.60. The molecule has 1 aliphatic heterocycles. The molecule has 1 aromatic carbocycles. The Kier molecular flexibility index (Phi) is 2.59. The Labute approximate surface area is 83.6 Å². The first-order valence-corrected chi connectivity index (χ1v) is 4.78. The van der Waals surface area contributed by atoms with Gasteiger partial charge in [0, 0.05) is 5.56 Å². The molecule has 1 heterocycles. The normalized spacial score (nSPS) is 19.1. The summed E-state index contributed by atoms with van der Waals surface area (Å²) in [6.07, 6.45) is 0.199. The molecule has 1 saturated heterocycles. The third-order valence-electron chi connectivity index (χ3n) is 2.19. The quantitative estimate of drug-likeness (QED) is 0.688. The molecule has 2 rings (SSSR count). The van der Waals surface area contributed by atoms with Crippen LogP contribution in [0.5, 0.6) is 11.5 Å². The molecular weight excluding hydrogens is 180 g/mol. The molecule has 0 amide bonds. The van der Waals surface area contributed by atoms with Gasteiger partial charge in [0.15, 0.2) is 11.5 Å². The predicted octanol–water partition coefficient (Wildman–Crippen LogP) is 2.17. The molecule has 0 N–H and O–H groups in total. The van der Waals surface area contributed by atoms with Gasteiger partial charge in [-0.05, 0) is 13.0 Å². The van der Waals surface area contributed by atoms with Gasteiger partial charge in [0.05, 0.1) is 20.3 Å². The van der Waals surface area contributed by atoms with Crippen LogP contribution in [-0.4, -0.2) is 20.3 Å². The van der Waals surface area contributed by atoms with Crippen molar-refractivity contribution in [2.45, 2.75) is 13.0 Å². The van der Waals surface area contributed by atoms with Crippen LogP contribution in [0, 0.1) is 0 Å². The summed E-state index contributed by atoms with van der Waals surface area (Å²) in [5, 5.41) is 0. The minimum Gasteiger partial charge on any atom is -0.492 e. The number of hydrogen-bond donors (Lipinski definition) is 0. The molecule has 0 aliphatic carbocycles.